The van der Waals surface area contributed by atoms with Gasteiger partial charge in [0.2, 0.25) is 0 Å². The largest absolute Gasteiger partial charge is 0.303 e. The molecule has 0 spiro atoms. The number of nitrogens with zero attached hydrogens (tertiary/aromatic N) is 2. The molecule has 0 unspecified atom stereocenters. The molecule has 1 fully saturated rings. The smallest absolute Gasteiger partial charge is 0.0621 e. The van der Waals surface area contributed by atoms with Crippen LogP contribution < -0.4 is 0 Å². The first-order chi connectivity index (χ1) is 6.93. The molecule has 0 radical (unpaired) electrons. The standard InChI is InChI=1S/C12H22N2/c13-9-5-2-1-3-6-10-14-11-7-4-8-12-14/h1-8,10-12H2. The Bertz CT molecular complexity index is 166. The molecule has 0 amide bonds. The highest BCUT2D eigenvalue weighted by Crippen LogP contribution is 2.10. The molecule has 0 aliphatic carbocycles. The summed E-state index contributed by atoms with van der Waals surface area (Å²) in [7, 11) is 0. The quantitative estimate of drug-likeness (QED) is 0.608. The third-order valence-corrected chi connectivity index (χ3v) is 2.96. The van der Waals surface area contributed by atoms with E-state index < -0.39 is 0 Å². The van der Waals surface area contributed by atoms with E-state index in [0.717, 1.165) is 12.8 Å². The van der Waals surface area contributed by atoms with E-state index in [2.05, 4.69) is 11.0 Å². The normalized spacial score (nSPS) is 17.9. The first kappa shape index (κ1) is 11.5. The van der Waals surface area contributed by atoms with Gasteiger partial charge in [-0.1, -0.05) is 19.3 Å². The third kappa shape index (κ3) is 5.24. The zero-order chi connectivity index (χ0) is 10.1. The van der Waals surface area contributed by atoms with Crippen LogP contribution in [-0.4, -0.2) is 24.5 Å². The van der Waals surface area contributed by atoms with Crippen LogP contribution in [0.4, 0.5) is 0 Å². The van der Waals surface area contributed by atoms with Crippen LogP contribution in [0.25, 0.3) is 0 Å². The molecule has 2 nitrogen and oxygen atoms in total. The summed E-state index contributed by atoms with van der Waals surface area (Å²) in [5.41, 5.74) is 0. The number of hydrogen-bond donors (Lipinski definition) is 0. The molecule has 0 aromatic rings. The second-order valence-corrected chi connectivity index (χ2v) is 4.22. The minimum Gasteiger partial charge on any atom is -0.303 e. The van der Waals surface area contributed by atoms with Crippen LogP contribution >= 0.6 is 0 Å². The second-order valence-electron chi connectivity index (χ2n) is 4.22. The highest BCUT2D eigenvalue weighted by molar-refractivity contribution is 4.68. The van der Waals surface area contributed by atoms with E-state index in [4.69, 9.17) is 5.26 Å². The molecule has 14 heavy (non-hydrogen) atoms. The predicted molar refractivity (Wildman–Crippen MR) is 59.0 cm³/mol. The van der Waals surface area contributed by atoms with Gasteiger partial charge >= 0.3 is 0 Å². The van der Waals surface area contributed by atoms with Crippen LogP contribution in [0.2, 0.25) is 0 Å². The van der Waals surface area contributed by atoms with Gasteiger partial charge in [0.25, 0.3) is 0 Å². The second kappa shape index (κ2) is 7.82. The lowest BCUT2D eigenvalue weighted by molar-refractivity contribution is 0.224. The molecular formula is C12H22N2. The molecule has 0 aromatic heterocycles. The van der Waals surface area contributed by atoms with E-state index in [1.165, 1.54) is 58.2 Å². The molecule has 1 aliphatic rings. The number of likely N-dealkylation sites (tertiary alicyclic amines) is 1. The van der Waals surface area contributed by atoms with E-state index in [9.17, 15) is 0 Å². The zero-order valence-electron chi connectivity index (χ0n) is 9.17. The lowest BCUT2D eigenvalue weighted by Gasteiger charge is -2.26. The van der Waals surface area contributed by atoms with Crippen molar-refractivity contribution in [1.29, 1.82) is 5.26 Å². The van der Waals surface area contributed by atoms with Gasteiger partial charge in [0.05, 0.1) is 6.07 Å². The summed E-state index contributed by atoms with van der Waals surface area (Å²) in [6, 6.07) is 2.20. The Balaban J connectivity index is 1.85. The number of unbranched alkanes of at least 4 members (excludes halogenated alkanes) is 4. The average molecular weight is 194 g/mol. The van der Waals surface area contributed by atoms with Crippen molar-refractivity contribution in [1.82, 2.24) is 4.90 Å². The van der Waals surface area contributed by atoms with Crippen LogP contribution in [0.5, 0.6) is 0 Å². The van der Waals surface area contributed by atoms with Gasteiger partial charge in [0.15, 0.2) is 0 Å². The van der Waals surface area contributed by atoms with Crippen molar-refractivity contribution in [3.05, 3.63) is 0 Å². The maximum atomic E-state index is 8.37. The van der Waals surface area contributed by atoms with E-state index in [1.807, 2.05) is 0 Å². The summed E-state index contributed by atoms with van der Waals surface area (Å²) in [6.07, 6.45) is 9.92. The van der Waals surface area contributed by atoms with Crippen molar-refractivity contribution in [3.8, 4) is 6.07 Å². The molecule has 0 N–H and O–H groups in total. The van der Waals surface area contributed by atoms with Crippen LogP contribution in [0.1, 0.15) is 51.4 Å². The maximum Gasteiger partial charge on any atom is 0.0621 e. The molecule has 2 heteroatoms. The SMILES string of the molecule is N#CCCCCCCN1CCCCC1. The lowest BCUT2D eigenvalue weighted by atomic mass is 10.1. The number of rotatable bonds is 6. The minimum absolute atomic E-state index is 0.740. The topological polar surface area (TPSA) is 27.0 Å². The van der Waals surface area contributed by atoms with Crippen molar-refractivity contribution in [3.63, 3.8) is 0 Å². The summed E-state index contributed by atoms with van der Waals surface area (Å²) in [6.45, 7) is 3.92. The lowest BCUT2D eigenvalue weighted by Crippen LogP contribution is -2.30. The fourth-order valence-corrected chi connectivity index (χ4v) is 2.08. The minimum atomic E-state index is 0.740. The van der Waals surface area contributed by atoms with Gasteiger partial charge in [-0.2, -0.15) is 5.26 Å². The van der Waals surface area contributed by atoms with Crippen LogP contribution in [0, 0.1) is 11.3 Å². The Morgan fingerprint density at radius 2 is 1.64 bits per heavy atom. The summed E-state index contributed by atoms with van der Waals surface area (Å²) < 4.78 is 0. The van der Waals surface area contributed by atoms with Crippen molar-refractivity contribution in [2.24, 2.45) is 0 Å². The van der Waals surface area contributed by atoms with Gasteiger partial charge < -0.3 is 4.90 Å². The van der Waals surface area contributed by atoms with E-state index in [1.54, 1.807) is 0 Å². The fourth-order valence-electron chi connectivity index (χ4n) is 2.08. The van der Waals surface area contributed by atoms with Gasteiger partial charge in [-0.05, 0) is 45.3 Å². The van der Waals surface area contributed by atoms with Crippen molar-refractivity contribution in [2.45, 2.75) is 51.4 Å². The molecule has 1 rings (SSSR count). The number of nitriles is 1. The molecule has 0 aromatic carbocycles. The van der Waals surface area contributed by atoms with Gasteiger partial charge in [0, 0.05) is 6.42 Å². The van der Waals surface area contributed by atoms with E-state index in [-0.39, 0.29) is 0 Å². The monoisotopic (exact) mass is 194 g/mol. The Labute approximate surface area is 87.9 Å². The summed E-state index contributed by atoms with van der Waals surface area (Å²) >= 11 is 0. The van der Waals surface area contributed by atoms with E-state index >= 15 is 0 Å². The van der Waals surface area contributed by atoms with Gasteiger partial charge in [-0.25, -0.2) is 0 Å². The molecule has 0 bridgehead atoms. The van der Waals surface area contributed by atoms with E-state index in [0.29, 0.717) is 0 Å². The Morgan fingerprint density at radius 1 is 0.929 bits per heavy atom. The average Bonchev–Trinajstić information content (AvgIpc) is 2.25. The Hall–Kier alpha value is -0.550. The highest BCUT2D eigenvalue weighted by Gasteiger charge is 2.08. The number of hydrogen-bond acceptors (Lipinski definition) is 2. The predicted octanol–water partition coefficient (Wildman–Crippen LogP) is 2.95. The molecule has 80 valence electrons. The van der Waals surface area contributed by atoms with Gasteiger partial charge in [0.1, 0.15) is 0 Å². The molecule has 0 atom stereocenters. The highest BCUT2D eigenvalue weighted by atomic mass is 15.1. The molecule has 1 heterocycles. The maximum absolute atomic E-state index is 8.37. The number of piperidine rings is 1. The molecule has 0 saturated carbocycles. The molecular weight excluding hydrogens is 172 g/mol. The summed E-state index contributed by atoms with van der Waals surface area (Å²) in [5, 5.41) is 8.37. The fraction of sp³-hybridized carbons (Fsp3) is 0.917. The molecule has 1 saturated heterocycles. The van der Waals surface area contributed by atoms with Gasteiger partial charge in [-0.3, -0.25) is 0 Å². The summed E-state index contributed by atoms with van der Waals surface area (Å²) in [5.74, 6) is 0. The zero-order valence-corrected chi connectivity index (χ0v) is 9.17. The van der Waals surface area contributed by atoms with Gasteiger partial charge in [-0.15, -0.1) is 0 Å². The van der Waals surface area contributed by atoms with Crippen molar-refractivity contribution in [2.75, 3.05) is 19.6 Å². The van der Waals surface area contributed by atoms with Crippen LogP contribution in [0.3, 0.4) is 0 Å². The van der Waals surface area contributed by atoms with Crippen molar-refractivity contribution >= 4 is 0 Å². The summed E-state index contributed by atoms with van der Waals surface area (Å²) in [4.78, 5) is 2.59. The Kier molecular flexibility index (Phi) is 6.43. The third-order valence-electron chi connectivity index (χ3n) is 2.96. The van der Waals surface area contributed by atoms with Crippen molar-refractivity contribution < 1.29 is 0 Å². The first-order valence-electron chi connectivity index (χ1n) is 6.03. The Morgan fingerprint density at radius 3 is 2.36 bits per heavy atom. The first-order valence-corrected chi connectivity index (χ1v) is 6.03. The van der Waals surface area contributed by atoms with Crippen LogP contribution in [-0.2, 0) is 0 Å². The van der Waals surface area contributed by atoms with Crippen LogP contribution in [0.15, 0.2) is 0 Å². The molecule has 1 aliphatic heterocycles.